The van der Waals surface area contributed by atoms with Crippen molar-refractivity contribution in [2.24, 2.45) is 0 Å². The van der Waals surface area contributed by atoms with Gasteiger partial charge in [0, 0.05) is 12.1 Å². The number of carbonyl (C=O) groups excluding carboxylic acids is 2. The molecule has 126 valence electrons. The summed E-state index contributed by atoms with van der Waals surface area (Å²) < 4.78 is 10.3. The quantitative estimate of drug-likeness (QED) is 0.814. The van der Waals surface area contributed by atoms with Crippen LogP contribution in [-0.4, -0.2) is 26.0 Å². The predicted molar refractivity (Wildman–Crippen MR) is 89.8 cm³/mol. The molecular weight excluding hydrogens is 332 g/mol. The van der Waals surface area contributed by atoms with Gasteiger partial charge in [0.1, 0.15) is 5.75 Å². The highest BCUT2D eigenvalue weighted by molar-refractivity contribution is 6.30. The highest BCUT2D eigenvalue weighted by Crippen LogP contribution is 2.23. The van der Waals surface area contributed by atoms with E-state index < -0.39 is 17.9 Å². The molecule has 7 heteroatoms. The predicted octanol–water partition coefficient (Wildman–Crippen LogP) is 2.50. The number of hydrogen-bond acceptors (Lipinski definition) is 4. The van der Waals surface area contributed by atoms with Crippen LogP contribution in [0.3, 0.4) is 0 Å². The zero-order valence-electron chi connectivity index (χ0n) is 13.2. The summed E-state index contributed by atoms with van der Waals surface area (Å²) in [5.74, 6) is -0.717. The molecule has 1 atom stereocenters. The lowest BCUT2D eigenvalue weighted by atomic mass is 10.1. The molecule has 2 amide bonds. The van der Waals surface area contributed by atoms with Crippen molar-refractivity contribution in [2.45, 2.75) is 6.10 Å². The van der Waals surface area contributed by atoms with Gasteiger partial charge in [-0.25, -0.2) is 0 Å². The first-order valence-corrected chi connectivity index (χ1v) is 7.46. The summed E-state index contributed by atoms with van der Waals surface area (Å²) in [4.78, 5) is 24.4. The lowest BCUT2D eigenvalue weighted by Gasteiger charge is -2.16. The second-order valence-corrected chi connectivity index (χ2v) is 5.25. The molecule has 6 nitrogen and oxygen atoms in total. The zero-order valence-corrected chi connectivity index (χ0v) is 14.0. The Kier molecular flexibility index (Phi) is 6.17. The Hall–Kier alpha value is -2.57. The molecule has 2 N–H and O–H groups in total. The number of methoxy groups -OCH3 is 2. The van der Waals surface area contributed by atoms with Crippen LogP contribution in [0, 0.1) is 0 Å². The molecule has 2 aromatic rings. The molecule has 0 aromatic heterocycles. The van der Waals surface area contributed by atoms with Crippen molar-refractivity contribution in [1.82, 2.24) is 10.9 Å². The van der Waals surface area contributed by atoms with Gasteiger partial charge < -0.3 is 9.47 Å². The number of carbonyl (C=O) groups is 2. The van der Waals surface area contributed by atoms with Gasteiger partial charge in [-0.3, -0.25) is 20.4 Å². The first-order valence-electron chi connectivity index (χ1n) is 7.08. The van der Waals surface area contributed by atoms with Gasteiger partial charge in [-0.2, -0.15) is 0 Å². The van der Waals surface area contributed by atoms with Crippen LogP contribution >= 0.6 is 11.6 Å². The van der Waals surface area contributed by atoms with Crippen molar-refractivity contribution in [3.8, 4) is 5.75 Å². The topological polar surface area (TPSA) is 76.7 Å². The highest BCUT2D eigenvalue weighted by atomic mass is 35.5. The van der Waals surface area contributed by atoms with Crippen LogP contribution in [0.2, 0.25) is 5.02 Å². The second-order valence-electron chi connectivity index (χ2n) is 4.81. The fraction of sp³-hybridized carbons (Fsp3) is 0.176. The first-order chi connectivity index (χ1) is 11.6. The van der Waals surface area contributed by atoms with E-state index in [4.69, 9.17) is 21.1 Å². The lowest BCUT2D eigenvalue weighted by Crippen LogP contribution is -2.44. The van der Waals surface area contributed by atoms with Gasteiger partial charge >= 0.3 is 0 Å². The van der Waals surface area contributed by atoms with E-state index in [0.717, 1.165) is 0 Å². The molecule has 0 spiro atoms. The third-order valence-corrected chi connectivity index (χ3v) is 3.52. The minimum Gasteiger partial charge on any atom is -0.496 e. The SMILES string of the molecule is COc1cc(Cl)ccc1C(=O)NNC(=O)C(OC)c1ccccc1. The number of benzene rings is 2. The summed E-state index contributed by atoms with van der Waals surface area (Å²) in [6.45, 7) is 0. The van der Waals surface area contributed by atoms with E-state index in [1.807, 2.05) is 6.07 Å². The van der Waals surface area contributed by atoms with E-state index in [-0.39, 0.29) is 5.56 Å². The van der Waals surface area contributed by atoms with Gasteiger partial charge in [0.25, 0.3) is 11.8 Å². The van der Waals surface area contributed by atoms with Gasteiger partial charge in [0.2, 0.25) is 0 Å². The largest absolute Gasteiger partial charge is 0.496 e. The third kappa shape index (κ3) is 4.24. The number of hydrazine groups is 1. The van der Waals surface area contributed by atoms with Crippen molar-refractivity contribution in [2.75, 3.05) is 14.2 Å². The lowest BCUT2D eigenvalue weighted by molar-refractivity contribution is -0.132. The Balaban J connectivity index is 2.04. The van der Waals surface area contributed by atoms with Crippen LogP contribution in [0.15, 0.2) is 48.5 Å². The van der Waals surface area contributed by atoms with E-state index in [1.165, 1.54) is 26.4 Å². The molecule has 0 bridgehead atoms. The molecule has 0 saturated carbocycles. The summed E-state index contributed by atoms with van der Waals surface area (Å²) in [6, 6.07) is 13.5. The normalized spacial score (nSPS) is 11.5. The number of halogens is 1. The summed E-state index contributed by atoms with van der Waals surface area (Å²) in [7, 11) is 2.85. The Labute approximate surface area is 144 Å². The van der Waals surface area contributed by atoms with Crippen molar-refractivity contribution in [3.63, 3.8) is 0 Å². The van der Waals surface area contributed by atoms with Crippen LogP contribution in [0.1, 0.15) is 22.0 Å². The molecule has 0 aliphatic heterocycles. The monoisotopic (exact) mass is 348 g/mol. The van der Waals surface area contributed by atoms with E-state index in [2.05, 4.69) is 10.9 Å². The molecule has 0 heterocycles. The molecule has 2 rings (SSSR count). The van der Waals surface area contributed by atoms with Crippen molar-refractivity contribution in [3.05, 3.63) is 64.7 Å². The van der Waals surface area contributed by atoms with Gasteiger partial charge in [-0.15, -0.1) is 0 Å². The molecule has 0 aliphatic rings. The summed E-state index contributed by atoms with van der Waals surface area (Å²) in [5, 5.41) is 0.441. The smallest absolute Gasteiger partial charge is 0.273 e. The minimum atomic E-state index is -0.835. The maximum absolute atomic E-state index is 12.2. The molecular formula is C17H17ClN2O4. The first kappa shape index (κ1) is 17.8. The van der Waals surface area contributed by atoms with Crippen LogP contribution in [0.4, 0.5) is 0 Å². The number of nitrogens with one attached hydrogen (secondary N) is 2. The van der Waals surface area contributed by atoms with Crippen LogP contribution in [0.25, 0.3) is 0 Å². The van der Waals surface area contributed by atoms with Crippen molar-refractivity contribution in [1.29, 1.82) is 0 Å². The fourth-order valence-electron chi connectivity index (χ4n) is 2.13. The van der Waals surface area contributed by atoms with Gasteiger partial charge in [0.05, 0.1) is 12.7 Å². The average molecular weight is 349 g/mol. The average Bonchev–Trinajstić information content (AvgIpc) is 2.61. The summed E-state index contributed by atoms with van der Waals surface area (Å²) >= 11 is 5.86. The van der Waals surface area contributed by atoms with E-state index >= 15 is 0 Å². The maximum atomic E-state index is 12.2. The molecule has 1 unspecified atom stereocenters. The number of hydrogen-bond donors (Lipinski definition) is 2. The van der Waals surface area contributed by atoms with Crippen LogP contribution in [0.5, 0.6) is 5.75 Å². The Morgan fingerprint density at radius 1 is 1.04 bits per heavy atom. The third-order valence-electron chi connectivity index (χ3n) is 3.28. The molecule has 2 aromatic carbocycles. The summed E-state index contributed by atoms with van der Waals surface area (Å²) in [5.41, 5.74) is 5.60. The standard InChI is InChI=1S/C17H17ClN2O4/c1-23-14-10-12(18)8-9-13(14)16(21)19-20-17(22)15(24-2)11-6-4-3-5-7-11/h3-10,15H,1-2H3,(H,19,21)(H,20,22). The van der Waals surface area contributed by atoms with Crippen LogP contribution in [-0.2, 0) is 9.53 Å². The van der Waals surface area contributed by atoms with Crippen LogP contribution < -0.4 is 15.6 Å². The Morgan fingerprint density at radius 3 is 2.38 bits per heavy atom. The number of rotatable bonds is 5. The summed E-state index contributed by atoms with van der Waals surface area (Å²) in [6.07, 6.45) is -0.835. The van der Waals surface area contributed by atoms with E-state index in [9.17, 15) is 9.59 Å². The molecule has 0 radical (unpaired) electrons. The second kappa shape index (κ2) is 8.33. The van der Waals surface area contributed by atoms with Crippen molar-refractivity contribution < 1.29 is 19.1 Å². The van der Waals surface area contributed by atoms with E-state index in [1.54, 1.807) is 30.3 Å². The maximum Gasteiger partial charge on any atom is 0.273 e. The number of amides is 2. The molecule has 0 fully saturated rings. The van der Waals surface area contributed by atoms with Gasteiger partial charge in [-0.05, 0) is 23.8 Å². The zero-order chi connectivity index (χ0) is 17.5. The Bertz CT molecular complexity index is 722. The molecule has 0 aliphatic carbocycles. The number of ether oxygens (including phenoxy) is 2. The van der Waals surface area contributed by atoms with E-state index in [0.29, 0.717) is 16.3 Å². The molecule has 0 saturated heterocycles. The molecule has 24 heavy (non-hydrogen) atoms. The Morgan fingerprint density at radius 2 is 1.75 bits per heavy atom. The highest BCUT2D eigenvalue weighted by Gasteiger charge is 2.21. The fourth-order valence-corrected chi connectivity index (χ4v) is 2.29. The minimum absolute atomic E-state index is 0.246. The van der Waals surface area contributed by atoms with Gasteiger partial charge in [0.15, 0.2) is 6.10 Å². The van der Waals surface area contributed by atoms with Gasteiger partial charge in [-0.1, -0.05) is 41.9 Å². The van der Waals surface area contributed by atoms with Crippen molar-refractivity contribution >= 4 is 23.4 Å².